The molecule has 170 valence electrons. The summed E-state index contributed by atoms with van der Waals surface area (Å²) in [7, 11) is -3.37. The molecule has 0 atom stereocenters. The highest BCUT2D eigenvalue weighted by molar-refractivity contribution is 7.92. The second kappa shape index (κ2) is 8.33. The molecule has 14 heteroatoms. The number of hydrogen-bond acceptors (Lipinski definition) is 8. The first-order valence-electron chi connectivity index (χ1n) is 8.90. The number of fused-ring (bicyclic) bond motifs is 1. The van der Waals surface area contributed by atoms with E-state index < -0.39 is 49.3 Å². The van der Waals surface area contributed by atoms with E-state index in [0.717, 1.165) is 24.5 Å². The molecule has 0 amide bonds. The van der Waals surface area contributed by atoms with Gasteiger partial charge >= 0.3 is 0 Å². The quantitative estimate of drug-likeness (QED) is 0.428. The Hall–Kier alpha value is -3.71. The molecule has 0 aliphatic carbocycles. The summed E-state index contributed by atoms with van der Waals surface area (Å²) >= 11 is 5.81. The SMILES string of the molecule is COc1ncc(Cl)cc1S(=O)(=O)Nc1ncc(F)c(-c2ccc3nc(N)ncc3c2F)c1F. The molecule has 1 aromatic carbocycles. The molecule has 0 spiro atoms. The van der Waals surface area contributed by atoms with Gasteiger partial charge in [0.2, 0.25) is 11.8 Å². The Kier molecular flexibility index (Phi) is 5.68. The standard InChI is InChI=1S/C19H12ClF3N6O3S/c1-32-18-13(4-8(20)5-26-18)33(30,31)29-17-16(23)14(11(21)7-25-17)9-2-3-12-10(15(9)22)6-27-19(24)28-12/h2-7H,1H3,(H,25,29)(H2,24,27,28). The number of rotatable bonds is 5. The highest BCUT2D eigenvalue weighted by Gasteiger charge is 2.27. The molecule has 0 aliphatic heterocycles. The molecule has 3 heterocycles. The molecule has 0 fully saturated rings. The molecule has 0 saturated heterocycles. The van der Waals surface area contributed by atoms with Crippen LogP contribution in [0.3, 0.4) is 0 Å². The second-order valence-electron chi connectivity index (χ2n) is 6.50. The fourth-order valence-electron chi connectivity index (χ4n) is 3.00. The number of ether oxygens (including phenoxy) is 1. The van der Waals surface area contributed by atoms with Crippen molar-refractivity contribution < 1.29 is 26.3 Å². The molecule has 3 N–H and O–H groups in total. The molecule has 0 saturated carbocycles. The van der Waals surface area contributed by atoms with Crippen molar-refractivity contribution in [3.63, 3.8) is 0 Å². The summed E-state index contributed by atoms with van der Waals surface area (Å²) in [6, 6.07) is 3.39. The van der Waals surface area contributed by atoms with Crippen LogP contribution in [0.1, 0.15) is 0 Å². The van der Waals surface area contributed by atoms with Gasteiger partial charge in [0.15, 0.2) is 22.3 Å². The van der Waals surface area contributed by atoms with Crippen molar-refractivity contribution in [1.29, 1.82) is 0 Å². The van der Waals surface area contributed by atoms with Crippen LogP contribution in [0.4, 0.5) is 24.9 Å². The molecule has 4 rings (SSSR count). The average Bonchev–Trinajstić information content (AvgIpc) is 2.77. The highest BCUT2D eigenvalue weighted by atomic mass is 35.5. The number of nitrogen functional groups attached to an aromatic ring is 1. The summed E-state index contributed by atoms with van der Waals surface area (Å²) in [5.41, 5.74) is 4.22. The van der Waals surface area contributed by atoms with Gasteiger partial charge in [0.25, 0.3) is 10.0 Å². The molecule has 0 bridgehead atoms. The van der Waals surface area contributed by atoms with Gasteiger partial charge in [0.05, 0.1) is 34.8 Å². The van der Waals surface area contributed by atoms with Crippen LogP contribution in [0.2, 0.25) is 5.02 Å². The number of pyridine rings is 2. The van der Waals surface area contributed by atoms with Crippen LogP contribution in [-0.2, 0) is 10.0 Å². The van der Waals surface area contributed by atoms with Crippen LogP contribution >= 0.6 is 11.6 Å². The van der Waals surface area contributed by atoms with Crippen LogP contribution in [0.5, 0.6) is 5.88 Å². The third-order valence-electron chi connectivity index (χ3n) is 4.46. The van der Waals surface area contributed by atoms with E-state index in [1.54, 1.807) is 0 Å². The number of sulfonamides is 1. The number of anilines is 2. The van der Waals surface area contributed by atoms with Gasteiger partial charge in [-0.05, 0) is 18.2 Å². The lowest BCUT2D eigenvalue weighted by atomic mass is 10.0. The monoisotopic (exact) mass is 496 g/mol. The fourth-order valence-corrected chi connectivity index (χ4v) is 4.38. The number of nitrogens with two attached hydrogens (primary N) is 1. The summed E-state index contributed by atoms with van der Waals surface area (Å²) in [4.78, 5) is 14.2. The number of aromatic nitrogens is 4. The number of benzene rings is 1. The van der Waals surface area contributed by atoms with Crippen LogP contribution < -0.4 is 15.2 Å². The Balaban J connectivity index is 1.84. The van der Waals surface area contributed by atoms with E-state index in [4.69, 9.17) is 22.1 Å². The summed E-state index contributed by atoms with van der Waals surface area (Å²) in [5.74, 6) is -5.05. The summed E-state index contributed by atoms with van der Waals surface area (Å²) in [5, 5.41) is -0.181. The smallest absolute Gasteiger partial charge is 0.268 e. The second-order valence-corrected chi connectivity index (χ2v) is 8.59. The van der Waals surface area contributed by atoms with Crippen LogP contribution in [0, 0.1) is 17.5 Å². The topological polar surface area (TPSA) is 133 Å². The highest BCUT2D eigenvalue weighted by Crippen LogP contribution is 2.35. The Bertz CT molecular complexity index is 1520. The summed E-state index contributed by atoms with van der Waals surface area (Å²) < 4.78 is 77.2. The van der Waals surface area contributed by atoms with E-state index in [9.17, 15) is 12.8 Å². The first kappa shape index (κ1) is 22.5. The summed E-state index contributed by atoms with van der Waals surface area (Å²) in [6.07, 6.45) is 2.76. The van der Waals surface area contributed by atoms with Crippen molar-refractivity contribution in [3.05, 3.63) is 59.3 Å². The van der Waals surface area contributed by atoms with Crippen LogP contribution in [0.25, 0.3) is 22.0 Å². The van der Waals surface area contributed by atoms with Gasteiger partial charge in [-0.3, -0.25) is 4.72 Å². The van der Waals surface area contributed by atoms with Crippen molar-refractivity contribution in [2.75, 3.05) is 17.6 Å². The average molecular weight is 497 g/mol. The molecular weight excluding hydrogens is 485 g/mol. The van der Waals surface area contributed by atoms with E-state index in [1.807, 2.05) is 4.72 Å². The van der Waals surface area contributed by atoms with Gasteiger partial charge in [-0.1, -0.05) is 11.6 Å². The number of nitrogens with zero attached hydrogens (tertiary/aromatic N) is 4. The normalized spacial score (nSPS) is 11.5. The van der Waals surface area contributed by atoms with Gasteiger partial charge in [-0.25, -0.2) is 41.5 Å². The Morgan fingerprint density at radius 2 is 1.82 bits per heavy atom. The molecule has 0 aliphatic rings. The van der Waals surface area contributed by atoms with Gasteiger partial charge < -0.3 is 10.5 Å². The Morgan fingerprint density at radius 3 is 2.55 bits per heavy atom. The van der Waals surface area contributed by atoms with Crippen LogP contribution in [-0.4, -0.2) is 35.5 Å². The van der Waals surface area contributed by atoms with E-state index in [0.29, 0.717) is 6.20 Å². The van der Waals surface area contributed by atoms with Crippen molar-refractivity contribution in [1.82, 2.24) is 19.9 Å². The number of nitrogens with one attached hydrogen (secondary N) is 1. The molecular formula is C19H12ClF3N6O3S. The Morgan fingerprint density at radius 1 is 1.06 bits per heavy atom. The molecule has 0 unspecified atom stereocenters. The van der Waals surface area contributed by atoms with Gasteiger partial charge in [0, 0.05) is 18.0 Å². The van der Waals surface area contributed by atoms with E-state index >= 15 is 8.78 Å². The lowest BCUT2D eigenvalue weighted by Crippen LogP contribution is -2.17. The van der Waals surface area contributed by atoms with Crippen molar-refractivity contribution in [3.8, 4) is 17.0 Å². The van der Waals surface area contributed by atoms with Crippen molar-refractivity contribution in [2.45, 2.75) is 4.90 Å². The predicted molar refractivity (Wildman–Crippen MR) is 114 cm³/mol. The van der Waals surface area contributed by atoms with Gasteiger partial charge in [-0.2, -0.15) is 0 Å². The van der Waals surface area contributed by atoms with Gasteiger partial charge in [-0.15, -0.1) is 0 Å². The first-order valence-corrected chi connectivity index (χ1v) is 10.8. The third kappa shape index (κ3) is 4.07. The Labute approximate surface area is 189 Å². The zero-order valence-electron chi connectivity index (χ0n) is 16.5. The number of methoxy groups -OCH3 is 1. The zero-order chi connectivity index (χ0) is 23.9. The molecule has 9 nitrogen and oxygen atoms in total. The molecule has 33 heavy (non-hydrogen) atoms. The first-order chi connectivity index (χ1) is 15.6. The van der Waals surface area contributed by atoms with Crippen molar-refractivity contribution >= 4 is 44.3 Å². The van der Waals surface area contributed by atoms with E-state index in [2.05, 4.69) is 19.9 Å². The summed E-state index contributed by atoms with van der Waals surface area (Å²) in [6.45, 7) is 0. The maximum atomic E-state index is 15.3. The lowest BCUT2D eigenvalue weighted by Gasteiger charge is -2.14. The minimum absolute atomic E-state index is 0.0366. The lowest BCUT2D eigenvalue weighted by molar-refractivity contribution is 0.385. The molecule has 0 radical (unpaired) electrons. The largest absolute Gasteiger partial charge is 0.480 e. The minimum atomic E-state index is -4.54. The molecule has 3 aromatic heterocycles. The molecule has 4 aromatic rings. The van der Waals surface area contributed by atoms with Crippen molar-refractivity contribution in [2.24, 2.45) is 0 Å². The predicted octanol–water partition coefficient (Wildman–Crippen LogP) is 3.55. The van der Waals surface area contributed by atoms with Crippen LogP contribution in [0.15, 0.2) is 41.7 Å². The maximum Gasteiger partial charge on any atom is 0.268 e. The fraction of sp³-hybridized carbons (Fsp3) is 0.0526. The van der Waals surface area contributed by atoms with E-state index in [-0.39, 0.29) is 27.8 Å². The number of hydrogen-bond donors (Lipinski definition) is 2. The maximum absolute atomic E-state index is 15.3. The zero-order valence-corrected chi connectivity index (χ0v) is 18.0. The minimum Gasteiger partial charge on any atom is -0.480 e. The third-order valence-corrected chi connectivity index (χ3v) is 6.00. The number of halogens is 4. The van der Waals surface area contributed by atoms with E-state index in [1.165, 1.54) is 13.2 Å². The van der Waals surface area contributed by atoms with Gasteiger partial charge in [0.1, 0.15) is 5.82 Å².